The van der Waals surface area contributed by atoms with E-state index in [2.05, 4.69) is 20.5 Å². The van der Waals surface area contributed by atoms with Gasteiger partial charge in [-0.25, -0.2) is 4.79 Å². The first kappa shape index (κ1) is 21.9. The smallest absolute Gasteiger partial charge is 0.343 e. The quantitative estimate of drug-likeness (QED) is 0.189. The fraction of sp³-hybridized carbons (Fsp3) is 0. The Morgan fingerprint density at radius 3 is 1.77 bits per heavy atom. The normalized spacial score (nSPS) is 11.3. The van der Waals surface area contributed by atoms with Crippen LogP contribution < -0.4 is 4.74 Å². The topological polar surface area (TPSA) is 75.7 Å². The first-order valence-electron chi connectivity index (χ1n) is 11.0. The van der Waals surface area contributed by atoms with Crippen molar-refractivity contribution in [1.29, 1.82) is 0 Å². The number of hydrogen-bond donors (Lipinski definition) is 0. The molecule has 0 saturated carbocycles. The lowest BCUT2D eigenvalue weighted by atomic mass is 10.2. The molecule has 6 nitrogen and oxygen atoms in total. The summed E-state index contributed by atoms with van der Waals surface area (Å²) in [6, 6.07) is 37.0. The van der Waals surface area contributed by atoms with E-state index in [9.17, 15) is 4.79 Å². The monoisotopic (exact) mass is 456 g/mol. The van der Waals surface area contributed by atoms with E-state index >= 15 is 0 Å². The van der Waals surface area contributed by atoms with Gasteiger partial charge in [-0.05, 0) is 42.5 Å². The van der Waals surface area contributed by atoms with Gasteiger partial charge in [0, 0.05) is 17.2 Å². The van der Waals surface area contributed by atoms with Gasteiger partial charge >= 0.3 is 5.97 Å². The van der Waals surface area contributed by atoms with E-state index in [0.29, 0.717) is 28.4 Å². The van der Waals surface area contributed by atoms with Crippen molar-refractivity contribution in [3.05, 3.63) is 127 Å². The molecule has 168 valence electrons. The van der Waals surface area contributed by atoms with E-state index in [1.165, 1.54) is 0 Å². The van der Waals surface area contributed by atoms with Gasteiger partial charge in [-0.3, -0.25) is 0 Å². The Morgan fingerprint density at radius 1 is 0.514 bits per heavy atom. The van der Waals surface area contributed by atoms with Crippen LogP contribution in [0.5, 0.6) is 5.75 Å². The predicted octanol–water partition coefficient (Wildman–Crippen LogP) is 8.84. The summed E-state index contributed by atoms with van der Waals surface area (Å²) in [6.07, 6.45) is 0. The van der Waals surface area contributed by atoms with Crippen LogP contribution in [0.2, 0.25) is 0 Å². The zero-order valence-corrected chi connectivity index (χ0v) is 18.7. The predicted molar refractivity (Wildman–Crippen MR) is 136 cm³/mol. The molecule has 0 aliphatic heterocycles. The Balaban J connectivity index is 1.41. The highest BCUT2D eigenvalue weighted by molar-refractivity contribution is 5.94. The van der Waals surface area contributed by atoms with Crippen LogP contribution in [0.25, 0.3) is 11.1 Å². The molecule has 0 amide bonds. The number of carbonyl (C=O) groups is 1. The molecule has 35 heavy (non-hydrogen) atoms. The lowest BCUT2D eigenvalue weighted by Gasteiger charge is -2.04. The van der Waals surface area contributed by atoms with Crippen LogP contribution in [0.15, 0.2) is 142 Å². The van der Waals surface area contributed by atoms with Crippen molar-refractivity contribution in [2.75, 3.05) is 0 Å². The molecule has 6 heteroatoms. The Labute approximate surface area is 202 Å². The number of esters is 1. The minimum absolute atomic E-state index is 0.427. The van der Waals surface area contributed by atoms with Gasteiger partial charge in [0.1, 0.15) is 5.75 Å². The third kappa shape index (κ3) is 5.34. The molecule has 0 spiro atoms. The summed E-state index contributed by atoms with van der Waals surface area (Å²) < 4.78 is 5.71. The second-order valence-corrected chi connectivity index (χ2v) is 7.64. The van der Waals surface area contributed by atoms with E-state index in [0.717, 1.165) is 16.8 Å². The number of ether oxygens (including phenoxy) is 1. The Kier molecular flexibility index (Phi) is 6.44. The van der Waals surface area contributed by atoms with E-state index in [1.807, 2.05) is 84.9 Å². The van der Waals surface area contributed by atoms with Crippen molar-refractivity contribution in [3.63, 3.8) is 0 Å². The number of nitrogens with zero attached hydrogens (tertiary/aromatic N) is 4. The van der Waals surface area contributed by atoms with E-state index in [1.54, 1.807) is 36.4 Å². The third-order valence-electron chi connectivity index (χ3n) is 5.20. The van der Waals surface area contributed by atoms with Crippen LogP contribution in [0.3, 0.4) is 0 Å². The van der Waals surface area contributed by atoms with Crippen molar-refractivity contribution in [1.82, 2.24) is 0 Å². The number of rotatable bonds is 6. The number of hydrogen-bond acceptors (Lipinski definition) is 6. The number of carbonyl (C=O) groups excluding carboxylic acids is 1. The molecule has 3 aromatic rings. The van der Waals surface area contributed by atoms with Crippen LogP contribution >= 0.6 is 0 Å². The SMILES string of the molecule is O=C(Oc1cc(N=Nc2cccc(N=Nc3ccccc3)c2)c2cccccc1-2)c1ccccc1. The van der Waals surface area contributed by atoms with E-state index in [-0.39, 0.29) is 0 Å². The van der Waals surface area contributed by atoms with Crippen LogP contribution in [-0.2, 0) is 0 Å². The molecule has 0 fully saturated rings. The number of fused-ring (bicyclic) bond motifs is 1. The second-order valence-electron chi connectivity index (χ2n) is 7.64. The standard InChI is InChI=1S/C29H20N4O2/c34-29(21-11-4-1-5-12-21)35-28-20-27(25-17-8-3-9-18-26(25)28)33-32-24-16-10-15-23(19-24)31-30-22-13-6-2-7-14-22/h1-20H. The maximum Gasteiger partial charge on any atom is 0.343 e. The number of benzene rings is 3. The molecule has 0 bridgehead atoms. The van der Waals surface area contributed by atoms with Gasteiger partial charge in [-0.2, -0.15) is 15.3 Å². The summed E-state index contributed by atoms with van der Waals surface area (Å²) in [6.45, 7) is 0. The molecule has 2 aliphatic rings. The highest BCUT2D eigenvalue weighted by Gasteiger charge is 2.19. The summed E-state index contributed by atoms with van der Waals surface area (Å²) in [4.78, 5) is 12.6. The summed E-state index contributed by atoms with van der Waals surface area (Å²) in [5.74, 6) is 0.00777. The highest BCUT2D eigenvalue weighted by atomic mass is 16.5. The molecule has 0 heterocycles. The molecular weight excluding hydrogens is 436 g/mol. The second kappa shape index (κ2) is 10.3. The largest absolute Gasteiger partial charge is 0.422 e. The Hall–Kier alpha value is -4.97. The summed E-state index contributed by atoms with van der Waals surface area (Å²) in [5, 5.41) is 17.4. The van der Waals surface area contributed by atoms with Gasteiger partial charge in [0.15, 0.2) is 0 Å². The first-order valence-corrected chi connectivity index (χ1v) is 11.0. The molecule has 2 aliphatic carbocycles. The van der Waals surface area contributed by atoms with Gasteiger partial charge < -0.3 is 4.74 Å². The van der Waals surface area contributed by atoms with Crippen molar-refractivity contribution in [2.24, 2.45) is 20.5 Å². The van der Waals surface area contributed by atoms with Crippen molar-refractivity contribution in [2.45, 2.75) is 0 Å². The fourth-order valence-electron chi connectivity index (χ4n) is 3.50. The highest BCUT2D eigenvalue weighted by Crippen LogP contribution is 2.43. The molecule has 0 radical (unpaired) electrons. The van der Waals surface area contributed by atoms with Crippen LogP contribution in [0.4, 0.5) is 22.7 Å². The van der Waals surface area contributed by atoms with Gasteiger partial charge in [-0.15, -0.1) is 5.11 Å². The van der Waals surface area contributed by atoms with Crippen molar-refractivity contribution >= 4 is 28.7 Å². The zero-order chi connectivity index (χ0) is 23.9. The molecule has 5 rings (SSSR count). The van der Waals surface area contributed by atoms with Crippen LogP contribution in [0, 0.1) is 0 Å². The number of azo groups is 2. The maximum absolute atomic E-state index is 12.6. The summed E-state index contributed by atoms with van der Waals surface area (Å²) >= 11 is 0. The first-order chi connectivity index (χ1) is 17.3. The zero-order valence-electron chi connectivity index (χ0n) is 18.7. The van der Waals surface area contributed by atoms with E-state index in [4.69, 9.17) is 4.74 Å². The van der Waals surface area contributed by atoms with Gasteiger partial charge in [-0.1, -0.05) is 72.8 Å². The molecule has 0 unspecified atom stereocenters. The Morgan fingerprint density at radius 2 is 1.06 bits per heavy atom. The van der Waals surface area contributed by atoms with Gasteiger partial charge in [0.2, 0.25) is 0 Å². The van der Waals surface area contributed by atoms with Crippen LogP contribution in [-0.4, -0.2) is 5.97 Å². The van der Waals surface area contributed by atoms with Crippen LogP contribution in [0.1, 0.15) is 10.4 Å². The lowest BCUT2D eigenvalue weighted by molar-refractivity contribution is 0.0736. The minimum atomic E-state index is -0.427. The van der Waals surface area contributed by atoms with Crippen molar-refractivity contribution < 1.29 is 9.53 Å². The average molecular weight is 457 g/mol. The summed E-state index contributed by atoms with van der Waals surface area (Å²) in [5.41, 5.74) is 4.75. The summed E-state index contributed by atoms with van der Waals surface area (Å²) in [7, 11) is 0. The average Bonchev–Trinajstić information content (AvgIpc) is 3.06. The Bertz CT molecular complexity index is 1480. The fourth-order valence-corrected chi connectivity index (χ4v) is 3.50. The third-order valence-corrected chi connectivity index (χ3v) is 5.20. The molecule has 3 aromatic carbocycles. The molecule has 0 saturated heterocycles. The molecular formula is C29H20N4O2. The lowest BCUT2D eigenvalue weighted by Crippen LogP contribution is -2.07. The molecule has 0 N–H and O–H groups in total. The van der Waals surface area contributed by atoms with Gasteiger partial charge in [0.05, 0.1) is 28.3 Å². The van der Waals surface area contributed by atoms with Gasteiger partial charge in [0.25, 0.3) is 0 Å². The maximum atomic E-state index is 12.6. The minimum Gasteiger partial charge on any atom is -0.422 e. The van der Waals surface area contributed by atoms with Crippen molar-refractivity contribution in [3.8, 4) is 16.9 Å². The molecule has 0 aromatic heterocycles. The van der Waals surface area contributed by atoms with E-state index < -0.39 is 5.97 Å². The molecule has 0 atom stereocenters.